The number of piperidine rings is 1. The van der Waals surface area contributed by atoms with Crippen molar-refractivity contribution in [1.29, 1.82) is 0 Å². The molecular formula is C19H23N3O4. The van der Waals surface area contributed by atoms with Gasteiger partial charge >= 0.3 is 12.1 Å². The SMILES string of the molecule is COC(=O)c1cccc2[nH]c([C@@H]3C[C@@H]4C[C@@H]4N3C(=O)OC(C)(C)C)nc12. The summed E-state index contributed by atoms with van der Waals surface area (Å²) < 4.78 is 10.4. The number of rotatable bonds is 2. The molecule has 1 aromatic carbocycles. The summed E-state index contributed by atoms with van der Waals surface area (Å²) in [5.41, 5.74) is 1.20. The Morgan fingerprint density at radius 2 is 2.04 bits per heavy atom. The molecule has 4 rings (SSSR count). The molecule has 1 saturated carbocycles. The third-order valence-electron chi connectivity index (χ3n) is 4.96. The molecule has 1 aromatic heterocycles. The van der Waals surface area contributed by atoms with Gasteiger partial charge in [0.1, 0.15) is 16.9 Å². The fraction of sp³-hybridized carbons (Fsp3) is 0.526. The van der Waals surface area contributed by atoms with Crippen LogP contribution in [0.25, 0.3) is 11.0 Å². The number of hydrogen-bond acceptors (Lipinski definition) is 5. The normalized spacial score (nSPS) is 24.5. The highest BCUT2D eigenvalue weighted by Crippen LogP contribution is 2.53. The molecule has 26 heavy (non-hydrogen) atoms. The number of methoxy groups -OCH3 is 1. The van der Waals surface area contributed by atoms with Gasteiger partial charge in [0.15, 0.2) is 0 Å². The number of hydrogen-bond donors (Lipinski definition) is 1. The molecule has 2 aliphatic rings. The molecule has 1 aliphatic heterocycles. The predicted octanol–water partition coefficient (Wildman–Crippen LogP) is 3.42. The zero-order chi connectivity index (χ0) is 18.6. The Morgan fingerprint density at radius 3 is 2.73 bits per heavy atom. The van der Waals surface area contributed by atoms with Gasteiger partial charge < -0.3 is 14.5 Å². The maximum Gasteiger partial charge on any atom is 0.411 e. The van der Waals surface area contributed by atoms with Crippen LogP contribution in [0.4, 0.5) is 4.79 Å². The van der Waals surface area contributed by atoms with Crippen LogP contribution >= 0.6 is 0 Å². The Morgan fingerprint density at radius 1 is 1.27 bits per heavy atom. The summed E-state index contributed by atoms with van der Waals surface area (Å²) in [5.74, 6) is 0.766. The first-order valence-electron chi connectivity index (χ1n) is 8.87. The van der Waals surface area contributed by atoms with Gasteiger partial charge in [-0.25, -0.2) is 14.6 Å². The molecule has 3 atom stereocenters. The second kappa shape index (κ2) is 5.72. The number of likely N-dealkylation sites (tertiary alicyclic amines) is 1. The fourth-order valence-electron chi connectivity index (χ4n) is 3.76. The van der Waals surface area contributed by atoms with Gasteiger partial charge in [-0.1, -0.05) is 6.07 Å². The van der Waals surface area contributed by atoms with Gasteiger partial charge in [0.05, 0.1) is 24.2 Å². The van der Waals surface area contributed by atoms with E-state index < -0.39 is 11.6 Å². The number of benzene rings is 1. The van der Waals surface area contributed by atoms with Crippen LogP contribution < -0.4 is 0 Å². The van der Waals surface area contributed by atoms with Crippen molar-refractivity contribution in [3.05, 3.63) is 29.6 Å². The van der Waals surface area contributed by atoms with E-state index >= 15 is 0 Å². The van der Waals surface area contributed by atoms with Crippen LogP contribution in [0.1, 0.15) is 55.8 Å². The number of para-hydroxylation sites is 1. The largest absolute Gasteiger partial charge is 0.465 e. The van der Waals surface area contributed by atoms with Crippen LogP contribution in [0.2, 0.25) is 0 Å². The number of nitrogens with one attached hydrogen (secondary N) is 1. The van der Waals surface area contributed by atoms with Crippen LogP contribution in [0.15, 0.2) is 18.2 Å². The lowest BCUT2D eigenvalue weighted by Gasteiger charge is -2.29. The van der Waals surface area contributed by atoms with Gasteiger partial charge in [0.2, 0.25) is 0 Å². The van der Waals surface area contributed by atoms with Gasteiger partial charge in [-0.15, -0.1) is 0 Å². The predicted molar refractivity (Wildman–Crippen MR) is 94.8 cm³/mol. The molecule has 7 nitrogen and oxygen atoms in total. The zero-order valence-corrected chi connectivity index (χ0v) is 15.4. The van der Waals surface area contributed by atoms with Gasteiger partial charge in [0, 0.05) is 6.04 Å². The maximum absolute atomic E-state index is 12.7. The van der Waals surface area contributed by atoms with E-state index in [4.69, 9.17) is 9.47 Å². The Bertz CT molecular complexity index is 883. The number of H-pyrrole nitrogens is 1. The van der Waals surface area contributed by atoms with E-state index in [1.165, 1.54) is 7.11 Å². The molecule has 1 saturated heterocycles. The summed E-state index contributed by atoms with van der Waals surface area (Å²) in [6.45, 7) is 5.60. The number of carbonyl (C=O) groups excluding carboxylic acids is 2. The number of fused-ring (bicyclic) bond motifs is 2. The molecule has 1 N–H and O–H groups in total. The Kier molecular flexibility index (Phi) is 3.71. The zero-order valence-electron chi connectivity index (χ0n) is 15.4. The summed E-state index contributed by atoms with van der Waals surface area (Å²) in [6.07, 6.45) is 1.57. The third kappa shape index (κ3) is 2.81. The topological polar surface area (TPSA) is 84.5 Å². The van der Waals surface area contributed by atoms with Crippen LogP contribution in [-0.2, 0) is 9.47 Å². The van der Waals surface area contributed by atoms with Crippen LogP contribution in [0.3, 0.4) is 0 Å². The lowest BCUT2D eigenvalue weighted by atomic mass is 10.1. The second-order valence-electron chi connectivity index (χ2n) is 8.02. The van der Waals surface area contributed by atoms with E-state index in [1.54, 1.807) is 12.1 Å². The number of ether oxygens (including phenoxy) is 2. The van der Waals surface area contributed by atoms with Crippen LogP contribution in [0.5, 0.6) is 0 Å². The minimum atomic E-state index is -0.541. The summed E-state index contributed by atoms with van der Waals surface area (Å²) in [4.78, 5) is 34.4. The van der Waals surface area contributed by atoms with Gasteiger partial charge in [-0.3, -0.25) is 4.90 Å². The number of aromatic nitrogens is 2. The minimum Gasteiger partial charge on any atom is -0.465 e. The molecule has 1 amide bonds. The lowest BCUT2D eigenvalue weighted by molar-refractivity contribution is 0.0175. The van der Waals surface area contributed by atoms with Gasteiger partial charge in [-0.05, 0) is 51.7 Å². The molecule has 2 heterocycles. The summed E-state index contributed by atoms with van der Waals surface area (Å²) in [5, 5.41) is 0. The Balaban J connectivity index is 1.68. The fourth-order valence-corrected chi connectivity index (χ4v) is 3.76. The first kappa shape index (κ1) is 16.9. The molecule has 0 unspecified atom stereocenters. The molecule has 1 aliphatic carbocycles. The highest BCUT2D eigenvalue weighted by atomic mass is 16.6. The average molecular weight is 357 g/mol. The summed E-state index contributed by atoms with van der Waals surface area (Å²) in [7, 11) is 1.35. The van der Waals surface area contributed by atoms with E-state index in [0.717, 1.165) is 18.4 Å². The number of aromatic amines is 1. The highest BCUT2D eigenvalue weighted by molar-refractivity contribution is 6.01. The van der Waals surface area contributed by atoms with Crippen LogP contribution in [0, 0.1) is 5.92 Å². The lowest BCUT2D eigenvalue weighted by Crippen LogP contribution is -2.38. The van der Waals surface area contributed by atoms with E-state index in [1.807, 2.05) is 31.7 Å². The minimum absolute atomic E-state index is 0.161. The molecule has 0 bridgehead atoms. The van der Waals surface area contributed by atoms with Crippen molar-refractivity contribution in [1.82, 2.24) is 14.9 Å². The first-order valence-corrected chi connectivity index (χ1v) is 8.87. The molecule has 7 heteroatoms. The smallest absolute Gasteiger partial charge is 0.411 e. The van der Waals surface area contributed by atoms with E-state index in [2.05, 4.69) is 9.97 Å². The summed E-state index contributed by atoms with van der Waals surface area (Å²) >= 11 is 0. The van der Waals surface area contributed by atoms with Crippen molar-refractivity contribution in [2.75, 3.05) is 7.11 Å². The average Bonchev–Trinajstić information content (AvgIpc) is 3.04. The molecule has 0 spiro atoms. The number of nitrogens with zero attached hydrogens (tertiary/aromatic N) is 2. The quantitative estimate of drug-likeness (QED) is 0.833. The molecule has 2 aromatic rings. The highest BCUT2D eigenvalue weighted by Gasteiger charge is 2.56. The van der Waals surface area contributed by atoms with Crippen molar-refractivity contribution in [2.45, 2.75) is 51.3 Å². The number of carbonyl (C=O) groups is 2. The second-order valence-corrected chi connectivity index (χ2v) is 8.02. The van der Waals surface area contributed by atoms with Crippen molar-refractivity contribution in [2.24, 2.45) is 5.92 Å². The molecular weight excluding hydrogens is 334 g/mol. The standard InChI is InChI=1S/C19H23N3O4/c1-19(2,3)26-18(24)22-13-8-10(13)9-14(22)16-20-12-7-5-6-11(15(12)21-16)17(23)25-4/h5-7,10,13-14H,8-9H2,1-4H3,(H,20,21)/t10-,13-,14-/m0/s1. The monoisotopic (exact) mass is 357 g/mol. The number of imidazole rings is 1. The Labute approximate surface area is 151 Å². The van der Waals surface area contributed by atoms with Crippen molar-refractivity contribution in [3.63, 3.8) is 0 Å². The molecule has 2 fully saturated rings. The maximum atomic E-state index is 12.7. The molecule has 138 valence electrons. The van der Waals surface area contributed by atoms with Crippen molar-refractivity contribution < 1.29 is 19.1 Å². The van der Waals surface area contributed by atoms with E-state index in [-0.39, 0.29) is 18.2 Å². The Hall–Kier alpha value is -2.57. The van der Waals surface area contributed by atoms with Crippen molar-refractivity contribution >= 4 is 23.1 Å². The molecule has 0 radical (unpaired) electrons. The first-order chi connectivity index (χ1) is 12.3. The van der Waals surface area contributed by atoms with E-state index in [0.29, 0.717) is 22.8 Å². The van der Waals surface area contributed by atoms with Crippen LogP contribution in [-0.4, -0.2) is 45.7 Å². The number of amides is 1. The van der Waals surface area contributed by atoms with Gasteiger partial charge in [0.25, 0.3) is 0 Å². The summed E-state index contributed by atoms with van der Waals surface area (Å²) in [6, 6.07) is 5.41. The van der Waals surface area contributed by atoms with Crippen molar-refractivity contribution in [3.8, 4) is 0 Å². The third-order valence-corrected chi connectivity index (χ3v) is 4.96. The van der Waals surface area contributed by atoms with Gasteiger partial charge in [-0.2, -0.15) is 0 Å². The van der Waals surface area contributed by atoms with E-state index in [9.17, 15) is 9.59 Å². The number of esters is 1.